The molecule has 0 aliphatic rings. The summed E-state index contributed by atoms with van der Waals surface area (Å²) in [6.45, 7) is 3.75. The fraction of sp³-hybridized carbons (Fsp3) is 0.707. The first-order chi connectivity index (χ1) is 23.0. The van der Waals surface area contributed by atoms with Gasteiger partial charge in [-0.05, 0) is 44.9 Å². The Morgan fingerprint density at radius 1 is 0.596 bits per heavy atom. The fourth-order valence-electron chi connectivity index (χ4n) is 4.95. The zero-order valence-electron chi connectivity index (χ0n) is 30.1. The van der Waals surface area contributed by atoms with Gasteiger partial charge in [-0.1, -0.05) is 164 Å². The number of carbonyl (C=O) groups excluding carboxylic acids is 2. The molecule has 6 nitrogen and oxygen atoms in total. The summed E-state index contributed by atoms with van der Waals surface area (Å²) >= 11 is 0. The van der Waals surface area contributed by atoms with E-state index in [4.69, 9.17) is 9.47 Å². The van der Waals surface area contributed by atoms with Gasteiger partial charge in [0.15, 0.2) is 6.10 Å². The molecule has 0 aromatic carbocycles. The Hall–Kier alpha value is -2.44. The van der Waals surface area contributed by atoms with Crippen LogP contribution in [0.2, 0.25) is 0 Å². The molecule has 0 aliphatic heterocycles. The van der Waals surface area contributed by atoms with Crippen LogP contribution in [0.15, 0.2) is 60.8 Å². The second-order valence-electron chi connectivity index (χ2n) is 12.5. The van der Waals surface area contributed by atoms with Crippen molar-refractivity contribution in [2.75, 3.05) is 13.2 Å². The molecule has 0 saturated carbocycles. The van der Waals surface area contributed by atoms with Crippen molar-refractivity contribution in [1.82, 2.24) is 0 Å². The largest absolute Gasteiger partial charge is 0.462 e. The molecule has 2 N–H and O–H groups in total. The zero-order chi connectivity index (χ0) is 34.5. The van der Waals surface area contributed by atoms with Crippen LogP contribution >= 0.6 is 0 Å². The fourth-order valence-corrected chi connectivity index (χ4v) is 4.95. The second kappa shape index (κ2) is 36.4. The van der Waals surface area contributed by atoms with Gasteiger partial charge in [-0.25, -0.2) is 0 Å². The highest BCUT2D eigenvalue weighted by Gasteiger charge is 2.16. The van der Waals surface area contributed by atoms with Crippen LogP contribution in [0.3, 0.4) is 0 Å². The van der Waals surface area contributed by atoms with Crippen molar-refractivity contribution in [3.05, 3.63) is 60.8 Å². The summed E-state index contributed by atoms with van der Waals surface area (Å²) in [6, 6.07) is 0. The Labute approximate surface area is 288 Å². The van der Waals surface area contributed by atoms with Crippen molar-refractivity contribution in [2.45, 2.75) is 174 Å². The normalized spacial score (nSPS) is 13.5. The van der Waals surface area contributed by atoms with E-state index in [1.807, 2.05) is 19.1 Å². The number of hydrogen-bond acceptors (Lipinski definition) is 6. The van der Waals surface area contributed by atoms with Crippen molar-refractivity contribution in [2.24, 2.45) is 0 Å². The molecule has 0 aromatic rings. The molecule has 6 heteroatoms. The van der Waals surface area contributed by atoms with Crippen LogP contribution in [-0.2, 0) is 19.1 Å². The van der Waals surface area contributed by atoms with Crippen LogP contribution in [0.5, 0.6) is 0 Å². The highest BCUT2D eigenvalue weighted by atomic mass is 16.6. The Balaban J connectivity index is 3.69. The molecule has 0 fully saturated rings. The van der Waals surface area contributed by atoms with Gasteiger partial charge in [0.2, 0.25) is 0 Å². The quantitative estimate of drug-likeness (QED) is 0.0315. The van der Waals surface area contributed by atoms with E-state index in [0.717, 1.165) is 51.4 Å². The first-order valence-electron chi connectivity index (χ1n) is 19.0. The van der Waals surface area contributed by atoms with Crippen LogP contribution in [-0.4, -0.2) is 47.6 Å². The minimum Gasteiger partial charge on any atom is -0.462 e. The average molecular weight is 659 g/mol. The summed E-state index contributed by atoms with van der Waals surface area (Å²) in [5, 5.41) is 19.0. The molecule has 0 aromatic heterocycles. The van der Waals surface area contributed by atoms with E-state index in [1.54, 1.807) is 6.08 Å². The molecule has 0 spiro atoms. The van der Waals surface area contributed by atoms with Gasteiger partial charge in [-0.2, -0.15) is 0 Å². The number of aliphatic hydroxyl groups excluding tert-OH is 2. The maximum absolute atomic E-state index is 12.1. The lowest BCUT2D eigenvalue weighted by atomic mass is 10.0. The van der Waals surface area contributed by atoms with Gasteiger partial charge in [0.25, 0.3) is 0 Å². The maximum Gasteiger partial charge on any atom is 0.306 e. The third kappa shape index (κ3) is 34.7. The van der Waals surface area contributed by atoms with Crippen molar-refractivity contribution in [3.8, 4) is 0 Å². The monoisotopic (exact) mass is 659 g/mol. The lowest BCUT2D eigenvalue weighted by molar-refractivity contribution is -0.161. The summed E-state index contributed by atoms with van der Waals surface area (Å²) in [4.78, 5) is 24.2. The van der Waals surface area contributed by atoms with Gasteiger partial charge in [0.1, 0.15) is 6.61 Å². The van der Waals surface area contributed by atoms with Crippen LogP contribution in [0.4, 0.5) is 0 Å². The van der Waals surface area contributed by atoms with Crippen LogP contribution < -0.4 is 0 Å². The van der Waals surface area contributed by atoms with E-state index in [1.165, 1.54) is 77.0 Å². The number of aliphatic hydroxyl groups is 2. The highest BCUT2D eigenvalue weighted by molar-refractivity contribution is 5.70. The summed E-state index contributed by atoms with van der Waals surface area (Å²) in [6.07, 6.45) is 43.7. The summed E-state index contributed by atoms with van der Waals surface area (Å²) in [5.74, 6) is -0.679. The van der Waals surface area contributed by atoms with E-state index in [9.17, 15) is 19.8 Å². The molecule has 0 unspecified atom stereocenters. The van der Waals surface area contributed by atoms with E-state index < -0.39 is 6.10 Å². The number of rotatable bonds is 33. The van der Waals surface area contributed by atoms with Gasteiger partial charge in [-0.3, -0.25) is 9.59 Å². The van der Waals surface area contributed by atoms with Gasteiger partial charge in [0.05, 0.1) is 12.7 Å². The van der Waals surface area contributed by atoms with Crippen molar-refractivity contribution < 1.29 is 29.3 Å². The maximum atomic E-state index is 12.1. The molecule has 0 aliphatic carbocycles. The zero-order valence-corrected chi connectivity index (χ0v) is 30.1. The average Bonchev–Trinajstić information content (AvgIpc) is 3.07. The predicted molar refractivity (Wildman–Crippen MR) is 197 cm³/mol. The lowest BCUT2D eigenvalue weighted by Gasteiger charge is -2.15. The number of carbonyl (C=O) groups is 2. The minimum absolute atomic E-state index is 0.106. The number of ether oxygens (including phenoxy) is 2. The minimum atomic E-state index is -0.802. The first kappa shape index (κ1) is 44.6. The molecule has 47 heavy (non-hydrogen) atoms. The first-order valence-corrected chi connectivity index (χ1v) is 19.0. The van der Waals surface area contributed by atoms with Crippen LogP contribution in [0.1, 0.15) is 162 Å². The molecule has 0 radical (unpaired) electrons. The molecular weight excluding hydrogens is 588 g/mol. The van der Waals surface area contributed by atoms with E-state index in [2.05, 4.69) is 49.5 Å². The molecule has 0 saturated heterocycles. The van der Waals surface area contributed by atoms with Gasteiger partial charge in [-0.15, -0.1) is 0 Å². The van der Waals surface area contributed by atoms with Gasteiger partial charge < -0.3 is 19.7 Å². The number of unbranched alkanes of at least 4 members (excludes halogenated alkanes) is 15. The number of allylic oxidation sites excluding steroid dienone is 9. The van der Waals surface area contributed by atoms with E-state index in [-0.39, 0.29) is 31.3 Å². The Kier molecular flexibility index (Phi) is 34.5. The SMILES string of the molecule is CCCCCCCCCCCCCCCCCC(=O)O[C@@H](CO)COC(=O)CCC/C=C\C/C=C\C/C=C\C/C=C\C=C\[C@@H](O)CC. The van der Waals surface area contributed by atoms with Crippen molar-refractivity contribution in [1.29, 1.82) is 0 Å². The Morgan fingerprint density at radius 2 is 1.09 bits per heavy atom. The molecular formula is C41H70O6. The molecule has 270 valence electrons. The third-order valence-corrected chi connectivity index (χ3v) is 7.98. The molecule has 0 bridgehead atoms. The van der Waals surface area contributed by atoms with E-state index in [0.29, 0.717) is 19.3 Å². The van der Waals surface area contributed by atoms with Crippen LogP contribution in [0, 0.1) is 0 Å². The molecule has 0 heterocycles. The van der Waals surface area contributed by atoms with E-state index >= 15 is 0 Å². The highest BCUT2D eigenvalue weighted by Crippen LogP contribution is 2.14. The summed E-state index contributed by atoms with van der Waals surface area (Å²) < 4.78 is 10.5. The standard InChI is InChI=1S/C41H70O6/c1-3-5-6-7-8-9-10-11-12-17-20-23-26-29-32-35-41(45)47-39(36-42)37-46-40(44)34-31-28-25-22-19-16-14-13-15-18-21-24-27-30-33-38(43)4-2/h14-16,18,22,24-25,27,30,33,38-39,42-43H,3-13,17,19-21,23,26,28-29,31-32,34-37H2,1-2H3/b16-14-,18-15-,25-22-,27-24-,33-30+/t38-,39-/m0/s1. The number of esters is 2. The molecule has 0 amide bonds. The van der Waals surface area contributed by atoms with Gasteiger partial charge in [0, 0.05) is 12.8 Å². The Bertz CT molecular complexity index is 856. The van der Waals surface area contributed by atoms with Crippen molar-refractivity contribution in [3.63, 3.8) is 0 Å². The molecule has 2 atom stereocenters. The smallest absolute Gasteiger partial charge is 0.306 e. The molecule has 0 rings (SSSR count). The Morgan fingerprint density at radius 3 is 1.62 bits per heavy atom. The van der Waals surface area contributed by atoms with Gasteiger partial charge >= 0.3 is 11.9 Å². The number of hydrogen-bond donors (Lipinski definition) is 2. The predicted octanol–water partition coefficient (Wildman–Crippen LogP) is 10.6. The van der Waals surface area contributed by atoms with Crippen molar-refractivity contribution >= 4 is 11.9 Å². The lowest BCUT2D eigenvalue weighted by Crippen LogP contribution is -2.28. The second-order valence-corrected chi connectivity index (χ2v) is 12.5. The summed E-state index contributed by atoms with van der Waals surface area (Å²) in [7, 11) is 0. The topological polar surface area (TPSA) is 93.1 Å². The summed E-state index contributed by atoms with van der Waals surface area (Å²) in [5.41, 5.74) is 0. The third-order valence-electron chi connectivity index (χ3n) is 7.98. The van der Waals surface area contributed by atoms with Crippen LogP contribution in [0.25, 0.3) is 0 Å².